The number of ether oxygens (including phenoxy) is 1. The number of carbonyl (C=O) groups is 2. The third-order valence-electron chi connectivity index (χ3n) is 2.16. The molecule has 9 heteroatoms. The van der Waals surface area contributed by atoms with E-state index in [1.165, 1.54) is 0 Å². The number of H-pyrrole nitrogens is 1. The van der Waals surface area contributed by atoms with Crippen LogP contribution in [0.15, 0.2) is 30.3 Å². The van der Waals surface area contributed by atoms with Crippen molar-refractivity contribution >= 4 is 17.8 Å². The smallest absolute Gasteiger partial charge is 0.269 e. The van der Waals surface area contributed by atoms with Gasteiger partial charge in [-0.25, -0.2) is 0 Å². The zero-order valence-electron chi connectivity index (χ0n) is 10.4. The van der Waals surface area contributed by atoms with Crippen LogP contribution >= 0.6 is 0 Å². The average Bonchev–Trinajstić information content (AvgIpc) is 2.97. The fourth-order valence-electron chi connectivity index (χ4n) is 1.28. The number of aromatic amines is 1. The molecule has 0 bridgehead atoms. The first kappa shape index (κ1) is 13.5. The molecule has 0 atom stereocenters. The summed E-state index contributed by atoms with van der Waals surface area (Å²) in [4.78, 5) is 22.9. The van der Waals surface area contributed by atoms with Crippen molar-refractivity contribution in [2.24, 2.45) is 0 Å². The number of benzene rings is 1. The summed E-state index contributed by atoms with van der Waals surface area (Å²) in [6.45, 7) is -0.370. The third kappa shape index (κ3) is 4.37. The molecule has 0 aliphatic rings. The zero-order valence-corrected chi connectivity index (χ0v) is 10.4. The van der Waals surface area contributed by atoms with Gasteiger partial charge < -0.3 is 10.1 Å². The molecule has 0 spiro atoms. The Balaban J connectivity index is 1.66. The molecule has 0 fully saturated rings. The Kier molecular flexibility index (Phi) is 4.60. The minimum absolute atomic E-state index is 0.0461. The van der Waals surface area contributed by atoms with Crippen molar-refractivity contribution < 1.29 is 14.3 Å². The molecule has 1 heterocycles. The lowest BCUT2D eigenvalue weighted by atomic mass is 10.3. The van der Waals surface area contributed by atoms with Gasteiger partial charge in [0.15, 0.2) is 6.61 Å². The number of hydrogen-bond acceptors (Lipinski definition) is 6. The van der Waals surface area contributed by atoms with E-state index in [2.05, 4.69) is 31.3 Å². The SMILES string of the molecule is O=C(COc1ccccc1)NCC(=O)Nc1nn[nH]n1. The van der Waals surface area contributed by atoms with Crippen LogP contribution in [0.25, 0.3) is 0 Å². The summed E-state index contributed by atoms with van der Waals surface area (Å²) >= 11 is 0. The maximum Gasteiger partial charge on any atom is 0.269 e. The van der Waals surface area contributed by atoms with Gasteiger partial charge in [-0.2, -0.15) is 5.21 Å². The number of nitrogens with one attached hydrogen (secondary N) is 3. The molecule has 2 aromatic rings. The van der Waals surface area contributed by atoms with E-state index in [1.54, 1.807) is 24.3 Å². The summed E-state index contributed by atoms with van der Waals surface area (Å²) < 4.78 is 5.22. The zero-order chi connectivity index (χ0) is 14.2. The Bertz CT molecular complexity index is 557. The van der Waals surface area contributed by atoms with Gasteiger partial charge in [0.05, 0.1) is 6.54 Å². The normalized spacial score (nSPS) is 9.80. The standard InChI is InChI=1S/C11H12N6O3/c18-9(13-11-14-16-17-15-11)6-12-10(19)7-20-8-4-2-1-3-5-8/h1-5H,6-7H2,(H,12,19)(H2,13,14,15,16,17,18). The molecule has 104 valence electrons. The Morgan fingerprint density at radius 1 is 1.20 bits per heavy atom. The number of nitrogens with zero attached hydrogens (tertiary/aromatic N) is 3. The highest BCUT2D eigenvalue weighted by Crippen LogP contribution is 2.07. The van der Waals surface area contributed by atoms with E-state index >= 15 is 0 Å². The number of amides is 2. The van der Waals surface area contributed by atoms with Crippen molar-refractivity contribution in [2.45, 2.75) is 0 Å². The van der Waals surface area contributed by atoms with Crippen molar-refractivity contribution in [3.63, 3.8) is 0 Å². The quantitative estimate of drug-likeness (QED) is 0.643. The molecule has 0 saturated heterocycles. The van der Waals surface area contributed by atoms with Crippen LogP contribution in [0.1, 0.15) is 0 Å². The number of hydrogen-bond donors (Lipinski definition) is 3. The largest absolute Gasteiger partial charge is 0.484 e. The van der Waals surface area contributed by atoms with E-state index in [9.17, 15) is 9.59 Å². The molecular formula is C11H12N6O3. The molecule has 0 radical (unpaired) electrons. The van der Waals surface area contributed by atoms with Gasteiger partial charge in [0.1, 0.15) is 5.75 Å². The van der Waals surface area contributed by atoms with Crippen molar-refractivity contribution in [1.29, 1.82) is 0 Å². The molecule has 1 aromatic carbocycles. The van der Waals surface area contributed by atoms with Crippen molar-refractivity contribution in [3.05, 3.63) is 30.3 Å². The molecule has 0 aliphatic carbocycles. The van der Waals surface area contributed by atoms with Gasteiger partial charge in [-0.15, -0.1) is 5.10 Å². The molecule has 0 unspecified atom stereocenters. The highest BCUT2D eigenvalue weighted by Gasteiger charge is 2.08. The van der Waals surface area contributed by atoms with Gasteiger partial charge in [-0.1, -0.05) is 23.3 Å². The Morgan fingerprint density at radius 3 is 2.70 bits per heavy atom. The van der Waals surface area contributed by atoms with Crippen LogP contribution in [0.3, 0.4) is 0 Å². The highest BCUT2D eigenvalue weighted by atomic mass is 16.5. The van der Waals surface area contributed by atoms with Gasteiger partial charge in [0.25, 0.3) is 11.9 Å². The number of rotatable bonds is 6. The predicted molar refractivity (Wildman–Crippen MR) is 67.8 cm³/mol. The lowest BCUT2D eigenvalue weighted by Gasteiger charge is -2.06. The highest BCUT2D eigenvalue weighted by molar-refractivity contribution is 5.93. The second kappa shape index (κ2) is 6.83. The summed E-state index contributed by atoms with van der Waals surface area (Å²) in [7, 11) is 0. The third-order valence-corrected chi connectivity index (χ3v) is 2.16. The summed E-state index contributed by atoms with van der Waals surface area (Å²) in [6.07, 6.45) is 0. The van der Waals surface area contributed by atoms with Crippen LogP contribution in [0.4, 0.5) is 5.95 Å². The number of para-hydroxylation sites is 1. The number of carbonyl (C=O) groups excluding carboxylic acids is 2. The van der Waals surface area contributed by atoms with Crippen LogP contribution < -0.4 is 15.4 Å². The van der Waals surface area contributed by atoms with E-state index in [0.29, 0.717) is 5.75 Å². The fourth-order valence-corrected chi connectivity index (χ4v) is 1.28. The minimum atomic E-state index is -0.459. The molecule has 20 heavy (non-hydrogen) atoms. The van der Waals surface area contributed by atoms with E-state index in [0.717, 1.165) is 0 Å². The van der Waals surface area contributed by atoms with Crippen LogP contribution in [-0.4, -0.2) is 45.6 Å². The predicted octanol–water partition coefficient (Wildman–Crippen LogP) is -0.667. The molecular weight excluding hydrogens is 264 g/mol. The average molecular weight is 276 g/mol. The Hall–Kier alpha value is -2.97. The van der Waals surface area contributed by atoms with Crippen LogP contribution in [0.2, 0.25) is 0 Å². The van der Waals surface area contributed by atoms with Crippen LogP contribution in [-0.2, 0) is 9.59 Å². The first-order valence-corrected chi connectivity index (χ1v) is 5.72. The topological polar surface area (TPSA) is 122 Å². The maximum absolute atomic E-state index is 11.5. The number of anilines is 1. The number of tetrazole rings is 1. The van der Waals surface area contributed by atoms with Crippen molar-refractivity contribution in [1.82, 2.24) is 25.9 Å². The first-order chi connectivity index (χ1) is 9.74. The van der Waals surface area contributed by atoms with E-state index < -0.39 is 11.8 Å². The molecule has 0 aliphatic heterocycles. The van der Waals surface area contributed by atoms with Gasteiger partial charge in [0, 0.05) is 0 Å². The summed E-state index contributed by atoms with van der Waals surface area (Å²) in [5.74, 6) is -0.236. The van der Waals surface area contributed by atoms with Gasteiger partial charge >= 0.3 is 0 Å². The van der Waals surface area contributed by atoms with E-state index in [-0.39, 0.29) is 19.1 Å². The molecule has 2 amide bonds. The van der Waals surface area contributed by atoms with E-state index in [1.807, 2.05) is 6.07 Å². The summed E-state index contributed by atoms with van der Waals surface area (Å²) in [5.41, 5.74) is 0. The van der Waals surface area contributed by atoms with Gasteiger partial charge in [-0.05, 0) is 17.3 Å². The molecule has 3 N–H and O–H groups in total. The van der Waals surface area contributed by atoms with Gasteiger partial charge in [0.2, 0.25) is 5.91 Å². The van der Waals surface area contributed by atoms with Crippen molar-refractivity contribution in [2.75, 3.05) is 18.5 Å². The second-order valence-corrected chi connectivity index (χ2v) is 3.66. The Labute approximate surface area is 113 Å². The minimum Gasteiger partial charge on any atom is -0.484 e. The Morgan fingerprint density at radius 2 is 2.00 bits per heavy atom. The maximum atomic E-state index is 11.5. The van der Waals surface area contributed by atoms with Crippen molar-refractivity contribution in [3.8, 4) is 5.75 Å². The van der Waals surface area contributed by atoms with E-state index in [4.69, 9.17) is 4.74 Å². The summed E-state index contributed by atoms with van der Waals surface area (Å²) in [6, 6.07) is 8.90. The van der Waals surface area contributed by atoms with Crippen LogP contribution in [0.5, 0.6) is 5.75 Å². The molecule has 1 aromatic heterocycles. The fraction of sp³-hybridized carbons (Fsp3) is 0.182. The monoisotopic (exact) mass is 276 g/mol. The van der Waals surface area contributed by atoms with Crippen LogP contribution in [0, 0.1) is 0 Å². The number of aromatic nitrogens is 4. The first-order valence-electron chi connectivity index (χ1n) is 5.72. The van der Waals surface area contributed by atoms with Gasteiger partial charge in [-0.3, -0.25) is 14.9 Å². The lowest BCUT2D eigenvalue weighted by Crippen LogP contribution is -2.35. The second-order valence-electron chi connectivity index (χ2n) is 3.66. The molecule has 9 nitrogen and oxygen atoms in total. The molecule has 2 rings (SSSR count). The summed E-state index contributed by atoms with van der Waals surface area (Å²) in [5, 5.41) is 17.3. The lowest BCUT2D eigenvalue weighted by molar-refractivity contribution is -0.125. The molecule has 0 saturated carbocycles.